The van der Waals surface area contributed by atoms with Crippen LogP contribution in [-0.4, -0.2) is 42.2 Å². The summed E-state index contributed by atoms with van der Waals surface area (Å²) in [5.74, 6) is 1.15. The first kappa shape index (κ1) is 21.8. The van der Waals surface area contributed by atoms with Gasteiger partial charge in [0, 0.05) is 25.9 Å². The van der Waals surface area contributed by atoms with Gasteiger partial charge in [-0.15, -0.1) is 0 Å². The highest BCUT2D eigenvalue weighted by Crippen LogP contribution is 2.40. The summed E-state index contributed by atoms with van der Waals surface area (Å²) in [7, 11) is 3.16. The summed E-state index contributed by atoms with van der Waals surface area (Å²) in [4.78, 5) is 12.6. The molecule has 0 bridgehead atoms. The molecule has 0 fully saturated rings. The first-order valence-corrected chi connectivity index (χ1v) is 9.78. The summed E-state index contributed by atoms with van der Waals surface area (Å²) < 4.78 is 17.8. The van der Waals surface area contributed by atoms with Gasteiger partial charge < -0.3 is 29.0 Å². The smallest absolute Gasteiger partial charge is 0.251 e. The summed E-state index contributed by atoms with van der Waals surface area (Å²) in [6.45, 7) is 2.73. The third-order valence-electron chi connectivity index (χ3n) is 5.07. The van der Waals surface area contributed by atoms with E-state index in [4.69, 9.17) is 14.2 Å². The van der Waals surface area contributed by atoms with Crippen LogP contribution in [0.4, 0.5) is 0 Å². The minimum absolute atomic E-state index is 0.172. The van der Waals surface area contributed by atoms with E-state index in [1.54, 1.807) is 25.0 Å². The summed E-state index contributed by atoms with van der Waals surface area (Å²) in [5, 5.41) is 21.6. The number of nitrogens with zero attached hydrogens (tertiary/aromatic N) is 1. The van der Waals surface area contributed by atoms with Gasteiger partial charge in [0.15, 0.2) is 11.5 Å². The fraction of sp³-hybridized carbons (Fsp3) is 0.348. The molecule has 0 atom stereocenters. The fourth-order valence-corrected chi connectivity index (χ4v) is 3.63. The molecule has 3 aromatic rings. The monoisotopic (exact) mass is 413 g/mol. The highest BCUT2D eigenvalue weighted by Gasteiger charge is 2.18. The summed E-state index contributed by atoms with van der Waals surface area (Å²) in [5.41, 5.74) is 2.35. The molecule has 0 amide bonds. The molecule has 0 aliphatic heterocycles. The zero-order chi connectivity index (χ0) is 21.7. The number of pyridine rings is 1. The first-order valence-electron chi connectivity index (χ1n) is 9.78. The van der Waals surface area contributed by atoms with E-state index in [9.17, 15) is 15.0 Å². The van der Waals surface area contributed by atoms with Gasteiger partial charge in [-0.1, -0.05) is 0 Å². The summed E-state index contributed by atoms with van der Waals surface area (Å²) >= 11 is 0. The van der Waals surface area contributed by atoms with Crippen LogP contribution in [0.25, 0.3) is 21.9 Å². The Bertz CT molecular complexity index is 1090. The number of rotatable bonds is 9. The van der Waals surface area contributed by atoms with Crippen molar-refractivity contribution in [2.24, 2.45) is 0 Å². The minimum Gasteiger partial charge on any atom is -0.493 e. The van der Waals surface area contributed by atoms with Crippen LogP contribution in [-0.2, 0) is 24.5 Å². The van der Waals surface area contributed by atoms with Crippen molar-refractivity contribution in [1.29, 1.82) is 0 Å². The van der Waals surface area contributed by atoms with Gasteiger partial charge in [0.2, 0.25) is 0 Å². The van der Waals surface area contributed by atoms with E-state index in [-0.39, 0.29) is 18.8 Å². The molecule has 2 N–H and O–H groups in total. The van der Waals surface area contributed by atoms with Gasteiger partial charge in [-0.25, -0.2) is 0 Å². The molecule has 0 unspecified atom stereocenters. The van der Waals surface area contributed by atoms with E-state index in [0.29, 0.717) is 53.5 Å². The number of aromatic nitrogens is 1. The Morgan fingerprint density at radius 1 is 1.03 bits per heavy atom. The number of ether oxygens (including phenoxy) is 3. The molecule has 30 heavy (non-hydrogen) atoms. The summed E-state index contributed by atoms with van der Waals surface area (Å²) in [6.07, 6.45) is 1.71. The standard InChI is InChI=1S/C23H27NO6/c1-4-30-21-12-18-16(10-20(21)29-3)9-17(13-25)19(14-26)23(18)15-5-6-24(7-8-28-2)22(27)11-15/h5-6,9-12,25-26H,4,7-8,13-14H2,1-3H3. The zero-order valence-corrected chi connectivity index (χ0v) is 17.5. The van der Waals surface area contributed by atoms with E-state index in [0.717, 1.165) is 10.8 Å². The highest BCUT2D eigenvalue weighted by molar-refractivity contribution is 6.00. The number of benzene rings is 2. The lowest BCUT2D eigenvalue weighted by Gasteiger charge is -2.19. The third kappa shape index (κ3) is 4.18. The van der Waals surface area contributed by atoms with Crippen LogP contribution in [0, 0.1) is 0 Å². The molecule has 0 aliphatic rings. The normalized spacial score (nSPS) is 11.1. The maximum Gasteiger partial charge on any atom is 0.251 e. The van der Waals surface area contributed by atoms with Crippen molar-refractivity contribution in [3.63, 3.8) is 0 Å². The van der Waals surface area contributed by atoms with Gasteiger partial charge in [-0.3, -0.25) is 4.79 Å². The predicted molar refractivity (Wildman–Crippen MR) is 115 cm³/mol. The molecule has 0 spiro atoms. The predicted octanol–water partition coefficient (Wildman–Crippen LogP) is 2.71. The second-order valence-corrected chi connectivity index (χ2v) is 6.80. The molecule has 2 aromatic carbocycles. The Morgan fingerprint density at radius 3 is 2.43 bits per heavy atom. The molecular weight excluding hydrogens is 386 g/mol. The van der Waals surface area contributed by atoms with Crippen molar-refractivity contribution in [2.75, 3.05) is 27.4 Å². The average Bonchev–Trinajstić information content (AvgIpc) is 2.76. The van der Waals surface area contributed by atoms with Gasteiger partial charge in [0.25, 0.3) is 5.56 Å². The minimum atomic E-state index is -0.274. The van der Waals surface area contributed by atoms with E-state index < -0.39 is 0 Å². The lowest BCUT2D eigenvalue weighted by atomic mass is 9.90. The van der Waals surface area contributed by atoms with Gasteiger partial charge in [0.1, 0.15) is 0 Å². The second kappa shape index (κ2) is 9.75. The third-order valence-corrected chi connectivity index (χ3v) is 5.07. The number of hydrogen-bond acceptors (Lipinski definition) is 6. The van der Waals surface area contributed by atoms with Crippen molar-refractivity contribution >= 4 is 10.8 Å². The molecule has 0 saturated carbocycles. The van der Waals surface area contributed by atoms with E-state index >= 15 is 0 Å². The Labute approximate surface area is 175 Å². The van der Waals surface area contributed by atoms with Crippen LogP contribution < -0.4 is 15.0 Å². The zero-order valence-electron chi connectivity index (χ0n) is 17.5. The largest absolute Gasteiger partial charge is 0.493 e. The molecular formula is C23H27NO6. The van der Waals surface area contributed by atoms with Gasteiger partial charge in [0.05, 0.1) is 33.5 Å². The average molecular weight is 413 g/mol. The Balaban J connectivity index is 2.31. The van der Waals surface area contributed by atoms with Crippen LogP contribution in [0.5, 0.6) is 11.5 Å². The van der Waals surface area contributed by atoms with Gasteiger partial charge in [-0.05, 0) is 64.2 Å². The lowest BCUT2D eigenvalue weighted by molar-refractivity contribution is 0.186. The molecule has 3 rings (SSSR count). The summed E-state index contributed by atoms with van der Waals surface area (Å²) in [6, 6.07) is 8.88. The van der Waals surface area contributed by atoms with E-state index in [1.165, 1.54) is 6.07 Å². The number of aliphatic hydroxyl groups is 2. The number of hydrogen-bond donors (Lipinski definition) is 2. The molecule has 1 aromatic heterocycles. The number of aliphatic hydroxyl groups excluding tert-OH is 2. The number of fused-ring (bicyclic) bond motifs is 1. The van der Waals surface area contributed by atoms with Crippen molar-refractivity contribution in [3.8, 4) is 22.6 Å². The molecule has 7 nitrogen and oxygen atoms in total. The van der Waals surface area contributed by atoms with Gasteiger partial charge in [-0.2, -0.15) is 0 Å². The molecule has 0 saturated heterocycles. The molecule has 0 aliphatic carbocycles. The lowest BCUT2D eigenvalue weighted by Crippen LogP contribution is -2.20. The van der Waals surface area contributed by atoms with Crippen molar-refractivity contribution < 1.29 is 24.4 Å². The Morgan fingerprint density at radius 2 is 1.83 bits per heavy atom. The molecule has 1 heterocycles. The van der Waals surface area contributed by atoms with Gasteiger partial charge >= 0.3 is 0 Å². The molecule has 160 valence electrons. The van der Waals surface area contributed by atoms with E-state index in [1.807, 2.05) is 31.2 Å². The maximum atomic E-state index is 12.6. The topological polar surface area (TPSA) is 90.2 Å². The Kier molecular flexibility index (Phi) is 7.10. The van der Waals surface area contributed by atoms with Crippen LogP contribution in [0.2, 0.25) is 0 Å². The van der Waals surface area contributed by atoms with Crippen molar-refractivity contribution in [2.45, 2.75) is 26.7 Å². The van der Waals surface area contributed by atoms with E-state index in [2.05, 4.69) is 0 Å². The second-order valence-electron chi connectivity index (χ2n) is 6.80. The first-order chi connectivity index (χ1) is 14.6. The molecule has 7 heteroatoms. The highest BCUT2D eigenvalue weighted by atomic mass is 16.5. The maximum absolute atomic E-state index is 12.6. The number of methoxy groups -OCH3 is 2. The Hall–Kier alpha value is -2.87. The SMILES string of the molecule is CCOc1cc2c(-c3ccn(CCOC)c(=O)c3)c(CO)c(CO)cc2cc1OC. The van der Waals surface area contributed by atoms with Crippen molar-refractivity contribution in [1.82, 2.24) is 4.57 Å². The van der Waals surface area contributed by atoms with Crippen LogP contribution in [0.3, 0.4) is 0 Å². The molecule has 0 radical (unpaired) electrons. The van der Waals surface area contributed by atoms with Crippen LogP contribution >= 0.6 is 0 Å². The fourth-order valence-electron chi connectivity index (χ4n) is 3.63. The quantitative estimate of drug-likeness (QED) is 0.561. The van der Waals surface area contributed by atoms with Crippen molar-refractivity contribution in [3.05, 3.63) is 58.0 Å². The van der Waals surface area contributed by atoms with Crippen LogP contribution in [0.1, 0.15) is 18.1 Å². The van der Waals surface area contributed by atoms with Crippen LogP contribution in [0.15, 0.2) is 41.3 Å².